The van der Waals surface area contributed by atoms with Crippen molar-refractivity contribution in [1.82, 2.24) is 0 Å². The maximum atomic E-state index is 12.8. The molecule has 8 heteroatoms. The van der Waals surface area contributed by atoms with Gasteiger partial charge in [-0.05, 0) is 122 Å². The molecule has 0 bridgehead atoms. The first-order valence-corrected chi connectivity index (χ1v) is 22.2. The molecule has 2 aliphatic carbocycles. The van der Waals surface area contributed by atoms with Crippen LogP contribution in [0.2, 0.25) is 0 Å². The van der Waals surface area contributed by atoms with Crippen LogP contribution in [-0.4, -0.2) is 23.1 Å². The number of Topliss-reactive ketones (excluding diaryl/α,β-unsaturated/α-hetero) is 4. The van der Waals surface area contributed by atoms with E-state index in [0.717, 1.165) is 27.9 Å². The van der Waals surface area contributed by atoms with Crippen molar-refractivity contribution in [3.05, 3.63) is 123 Å². The van der Waals surface area contributed by atoms with Crippen molar-refractivity contribution in [3.63, 3.8) is 0 Å². The SMILES string of the molecule is Cc1cccc(C)c1-c1c2cc(/C=c3/ccc(=C4C(=O)CCCC4=O)s3)sc2c(-c2c(C)cccc2C)c2cc(/C=c3/ccc(=C4C(=O)CCCC4=O)s3)sc12. The van der Waals surface area contributed by atoms with Gasteiger partial charge in [-0.15, -0.1) is 45.3 Å². The number of hydrogen-bond donors (Lipinski definition) is 0. The Morgan fingerprint density at radius 2 is 0.804 bits per heavy atom. The normalized spacial score (nSPS) is 16.1. The first kappa shape index (κ1) is 36.8. The van der Waals surface area contributed by atoms with Crippen LogP contribution < -0.4 is 18.1 Å². The second-order valence-electron chi connectivity index (χ2n) is 14.9. The summed E-state index contributed by atoms with van der Waals surface area (Å²) in [5.41, 5.74) is 10.5. The van der Waals surface area contributed by atoms with Gasteiger partial charge in [-0.1, -0.05) is 36.4 Å². The second-order valence-corrected chi connectivity index (χ2v) is 19.3. The number of rotatable bonds is 4. The van der Waals surface area contributed by atoms with Crippen LogP contribution >= 0.6 is 45.3 Å². The predicted octanol–water partition coefficient (Wildman–Crippen LogP) is 9.41. The van der Waals surface area contributed by atoms with Crippen LogP contribution in [0.1, 0.15) is 70.5 Å². The van der Waals surface area contributed by atoms with Crippen molar-refractivity contribution < 1.29 is 19.2 Å². The summed E-state index contributed by atoms with van der Waals surface area (Å²) in [5.74, 6) is -0.176. The van der Waals surface area contributed by atoms with Gasteiger partial charge in [0.15, 0.2) is 23.1 Å². The zero-order chi connectivity index (χ0) is 38.8. The van der Waals surface area contributed by atoms with Crippen molar-refractivity contribution in [2.24, 2.45) is 0 Å². The fourth-order valence-corrected chi connectivity index (χ4v) is 13.1. The topological polar surface area (TPSA) is 68.3 Å². The van der Waals surface area contributed by atoms with E-state index in [1.165, 1.54) is 87.4 Å². The van der Waals surface area contributed by atoms with Gasteiger partial charge < -0.3 is 0 Å². The van der Waals surface area contributed by atoms with Gasteiger partial charge >= 0.3 is 0 Å². The van der Waals surface area contributed by atoms with Crippen LogP contribution in [0.15, 0.2) is 72.8 Å². The molecule has 0 spiro atoms. The van der Waals surface area contributed by atoms with Crippen molar-refractivity contribution in [3.8, 4) is 22.3 Å². The van der Waals surface area contributed by atoms with Gasteiger partial charge in [-0.2, -0.15) is 0 Å². The Balaban J connectivity index is 1.33. The fourth-order valence-electron chi connectivity index (χ4n) is 8.45. The van der Waals surface area contributed by atoms with Crippen LogP contribution in [0, 0.1) is 27.7 Å². The third-order valence-corrected chi connectivity index (χ3v) is 15.3. The van der Waals surface area contributed by atoms with Crippen molar-refractivity contribution in [1.29, 1.82) is 0 Å². The number of ketones is 4. The number of thiophene rings is 4. The lowest BCUT2D eigenvalue weighted by Crippen LogP contribution is -2.23. The Bertz CT molecular complexity index is 2770. The number of hydrogen-bond acceptors (Lipinski definition) is 8. The zero-order valence-corrected chi connectivity index (χ0v) is 34.9. The average Bonchev–Trinajstić information content (AvgIpc) is 3.97. The Hall–Kier alpha value is -4.86. The Morgan fingerprint density at radius 3 is 1.16 bits per heavy atom. The summed E-state index contributed by atoms with van der Waals surface area (Å²) in [7, 11) is 0. The molecular formula is C48H38O4S4. The summed E-state index contributed by atoms with van der Waals surface area (Å²) < 4.78 is 5.98. The van der Waals surface area contributed by atoms with Gasteiger partial charge in [0.2, 0.25) is 0 Å². The number of fused-ring (bicyclic) bond motifs is 2. The summed E-state index contributed by atoms with van der Waals surface area (Å²) in [4.78, 5) is 53.3. The quantitative estimate of drug-likeness (QED) is 0.178. The third kappa shape index (κ3) is 6.42. The Morgan fingerprint density at radius 1 is 0.446 bits per heavy atom. The zero-order valence-electron chi connectivity index (χ0n) is 31.6. The minimum atomic E-state index is -0.0440. The average molecular weight is 807 g/mol. The number of aryl methyl sites for hydroxylation is 4. The van der Waals surface area contributed by atoms with Crippen LogP contribution in [0.4, 0.5) is 0 Å². The molecule has 0 atom stereocenters. The molecular weight excluding hydrogens is 769 g/mol. The minimum absolute atomic E-state index is 0.0440. The van der Waals surface area contributed by atoms with Gasteiger partial charge in [-0.3, -0.25) is 19.2 Å². The maximum absolute atomic E-state index is 12.8. The monoisotopic (exact) mass is 806 g/mol. The van der Waals surface area contributed by atoms with E-state index >= 15 is 0 Å². The Labute approximate surface area is 340 Å². The van der Waals surface area contributed by atoms with Crippen LogP contribution in [0.25, 0.3) is 65.7 Å². The number of benzene rings is 3. The van der Waals surface area contributed by atoms with Crippen molar-refractivity contribution in [2.45, 2.75) is 66.2 Å². The predicted molar refractivity (Wildman–Crippen MR) is 236 cm³/mol. The van der Waals surface area contributed by atoms with E-state index in [4.69, 9.17) is 0 Å². The van der Waals surface area contributed by atoms with E-state index in [1.54, 1.807) is 22.7 Å². The highest BCUT2D eigenvalue weighted by atomic mass is 32.1. The molecule has 4 nitrogen and oxygen atoms in total. The third-order valence-electron chi connectivity index (χ3n) is 11.0. The smallest absolute Gasteiger partial charge is 0.167 e. The summed E-state index contributed by atoms with van der Waals surface area (Å²) in [6, 6.07) is 25.6. The van der Waals surface area contributed by atoms with Crippen LogP contribution in [0.3, 0.4) is 0 Å². The molecule has 3 aromatic carbocycles. The summed E-state index contributed by atoms with van der Waals surface area (Å²) in [6.07, 6.45) is 7.39. The lowest BCUT2D eigenvalue weighted by molar-refractivity contribution is -0.122. The molecule has 0 N–H and O–H groups in total. The standard InChI is InChI=1S/C48H38O4S4/c1-25-9-5-10-26(2)41(25)43-33-23-31(21-29-17-19-39(53-29)45-35(49)13-7-14-36(45)50)56-48(33)44(42-27(3)11-6-12-28(42)4)34-24-32(55-47(34)43)22-30-18-20-40(54-30)46-37(51)15-8-16-38(46)52/h5-6,9-12,17-24H,7-8,13-16H2,1-4H3/b29-21-,30-22-. The van der Waals surface area contributed by atoms with Gasteiger partial charge in [0.25, 0.3) is 0 Å². The molecule has 2 saturated carbocycles. The molecule has 0 unspecified atom stereocenters. The Kier molecular flexibility index (Phi) is 9.57. The van der Waals surface area contributed by atoms with E-state index in [9.17, 15) is 19.2 Å². The van der Waals surface area contributed by atoms with Gasteiger partial charge in [0.05, 0.1) is 11.1 Å². The molecule has 7 aromatic rings. The number of carbonyl (C=O) groups is 4. The molecule has 0 radical (unpaired) electrons. The van der Waals surface area contributed by atoms with Crippen LogP contribution in [0.5, 0.6) is 0 Å². The molecule has 0 aliphatic heterocycles. The van der Waals surface area contributed by atoms with Crippen LogP contribution in [-0.2, 0) is 19.2 Å². The lowest BCUT2D eigenvalue weighted by Gasteiger charge is -2.18. The first-order valence-electron chi connectivity index (χ1n) is 19.0. The summed E-state index contributed by atoms with van der Waals surface area (Å²) >= 11 is 6.60. The van der Waals surface area contributed by atoms with Crippen molar-refractivity contribution >= 4 is 112 Å². The van der Waals surface area contributed by atoms with Gasteiger partial charge in [0, 0.05) is 84.9 Å². The lowest BCUT2D eigenvalue weighted by atomic mass is 9.87. The molecule has 4 aromatic heterocycles. The van der Waals surface area contributed by atoms with Crippen molar-refractivity contribution in [2.75, 3.05) is 0 Å². The summed E-state index contributed by atoms with van der Waals surface area (Å²) in [5, 5.41) is 2.40. The van der Waals surface area contributed by atoms with E-state index in [1.807, 2.05) is 24.3 Å². The largest absolute Gasteiger partial charge is 0.294 e. The molecule has 278 valence electrons. The summed E-state index contributed by atoms with van der Waals surface area (Å²) in [6.45, 7) is 8.77. The molecule has 2 fully saturated rings. The van der Waals surface area contributed by atoms with Gasteiger partial charge in [0.1, 0.15) is 0 Å². The van der Waals surface area contributed by atoms with E-state index in [0.29, 0.717) is 49.7 Å². The molecule has 4 heterocycles. The van der Waals surface area contributed by atoms with E-state index < -0.39 is 0 Å². The first-order chi connectivity index (χ1) is 27.0. The minimum Gasteiger partial charge on any atom is -0.294 e. The second kappa shape index (κ2) is 14.6. The number of carbonyl (C=O) groups excluding carboxylic acids is 4. The van der Waals surface area contributed by atoms with Gasteiger partial charge in [-0.25, -0.2) is 0 Å². The molecule has 56 heavy (non-hydrogen) atoms. The highest BCUT2D eigenvalue weighted by Crippen LogP contribution is 2.51. The molecule has 0 amide bonds. The molecule has 2 aliphatic rings. The fraction of sp³-hybridized carbons (Fsp3) is 0.208. The van der Waals surface area contributed by atoms with E-state index in [2.05, 4.69) is 88.4 Å². The highest BCUT2D eigenvalue weighted by Gasteiger charge is 2.27. The van der Waals surface area contributed by atoms with E-state index in [-0.39, 0.29) is 23.1 Å². The molecule has 9 rings (SSSR count). The highest BCUT2D eigenvalue weighted by molar-refractivity contribution is 7.23. The molecule has 0 saturated heterocycles. The maximum Gasteiger partial charge on any atom is 0.167 e.